The van der Waals surface area contributed by atoms with E-state index in [0.717, 1.165) is 37.9 Å². The molecule has 0 bridgehead atoms. The van der Waals surface area contributed by atoms with E-state index >= 15 is 0 Å². The van der Waals surface area contributed by atoms with Crippen LogP contribution in [0.4, 0.5) is 0 Å². The lowest BCUT2D eigenvalue weighted by molar-refractivity contribution is -0.176. The van der Waals surface area contributed by atoms with Crippen molar-refractivity contribution in [3.63, 3.8) is 0 Å². The van der Waals surface area contributed by atoms with Crippen LogP contribution in [0.2, 0.25) is 0 Å². The van der Waals surface area contributed by atoms with Gasteiger partial charge in [-0.2, -0.15) is 0 Å². The Morgan fingerprint density at radius 3 is 3.05 bits per heavy atom. The first kappa shape index (κ1) is 13.9. The summed E-state index contributed by atoms with van der Waals surface area (Å²) < 4.78 is 12.1. The molecule has 3 rings (SSSR count). The number of carbonyl (C=O) groups excluding carboxylic acids is 1. The second-order valence-corrected chi connectivity index (χ2v) is 6.11. The number of allylic oxidation sites excluding steroid dienone is 2. The molecule has 0 N–H and O–H groups in total. The average molecular weight is 276 g/mol. The van der Waals surface area contributed by atoms with Gasteiger partial charge in [-0.05, 0) is 31.8 Å². The van der Waals surface area contributed by atoms with Gasteiger partial charge in [0, 0.05) is 5.92 Å². The van der Waals surface area contributed by atoms with Crippen molar-refractivity contribution in [2.75, 3.05) is 0 Å². The van der Waals surface area contributed by atoms with Gasteiger partial charge in [0.25, 0.3) is 0 Å². The molecule has 1 aliphatic heterocycles. The first-order valence-electron chi connectivity index (χ1n) is 8.02. The zero-order valence-corrected chi connectivity index (χ0v) is 12.2. The van der Waals surface area contributed by atoms with Gasteiger partial charge in [-0.1, -0.05) is 38.3 Å². The number of carbonyl (C=O) groups is 1. The summed E-state index contributed by atoms with van der Waals surface area (Å²) in [5.41, 5.74) is 0. The second-order valence-electron chi connectivity index (χ2n) is 6.11. The topological polar surface area (TPSA) is 35.5 Å². The summed E-state index contributed by atoms with van der Waals surface area (Å²) in [6.07, 6.45) is 13.0. The van der Waals surface area contributed by atoms with Crippen LogP contribution < -0.4 is 0 Å². The Hall–Kier alpha value is -1.09. The van der Waals surface area contributed by atoms with Gasteiger partial charge in [0.1, 0.15) is 18.0 Å². The van der Waals surface area contributed by atoms with Crippen LogP contribution in [0.15, 0.2) is 24.0 Å². The Bertz CT molecular complexity index is 424. The van der Waals surface area contributed by atoms with Crippen molar-refractivity contribution in [2.24, 2.45) is 5.92 Å². The van der Waals surface area contributed by atoms with E-state index in [9.17, 15) is 4.79 Å². The Labute approximate surface area is 121 Å². The lowest BCUT2D eigenvalue weighted by Crippen LogP contribution is -2.51. The predicted octanol–water partition coefficient (Wildman–Crippen LogP) is 3.54. The molecule has 0 amide bonds. The molecule has 4 unspecified atom stereocenters. The largest absolute Gasteiger partial charge is 0.481 e. The SMILES string of the molecule is CCCCCC1CCC2OC3CC=CC=C3OC2C1=O. The van der Waals surface area contributed by atoms with E-state index in [1.165, 1.54) is 12.8 Å². The third-order valence-corrected chi connectivity index (χ3v) is 4.64. The van der Waals surface area contributed by atoms with Crippen molar-refractivity contribution in [1.29, 1.82) is 0 Å². The second kappa shape index (κ2) is 6.13. The Morgan fingerprint density at radius 1 is 1.30 bits per heavy atom. The van der Waals surface area contributed by atoms with Gasteiger partial charge in [-0.3, -0.25) is 4.79 Å². The number of hydrogen-bond acceptors (Lipinski definition) is 3. The third kappa shape index (κ3) is 2.69. The molecule has 4 atom stereocenters. The lowest BCUT2D eigenvalue weighted by Gasteiger charge is -2.42. The number of fused-ring (bicyclic) bond motifs is 2. The van der Waals surface area contributed by atoms with Crippen LogP contribution in [-0.2, 0) is 14.3 Å². The molecular formula is C17H24O3. The fraction of sp³-hybridized carbons (Fsp3) is 0.706. The molecule has 2 aliphatic carbocycles. The molecule has 1 saturated carbocycles. The minimum atomic E-state index is -0.357. The third-order valence-electron chi connectivity index (χ3n) is 4.64. The maximum atomic E-state index is 12.6. The normalized spacial score (nSPS) is 35.9. The summed E-state index contributed by atoms with van der Waals surface area (Å²) in [7, 11) is 0. The molecule has 1 heterocycles. The maximum absolute atomic E-state index is 12.6. The molecule has 1 saturated heterocycles. The highest BCUT2D eigenvalue weighted by Crippen LogP contribution is 2.37. The molecule has 3 aliphatic rings. The van der Waals surface area contributed by atoms with Crippen molar-refractivity contribution in [1.82, 2.24) is 0 Å². The molecule has 0 aromatic carbocycles. The summed E-state index contributed by atoms with van der Waals surface area (Å²) in [6, 6.07) is 0. The van der Waals surface area contributed by atoms with E-state index < -0.39 is 0 Å². The molecule has 0 spiro atoms. The summed E-state index contributed by atoms with van der Waals surface area (Å²) in [6.45, 7) is 2.19. The average Bonchev–Trinajstić information content (AvgIpc) is 2.48. The van der Waals surface area contributed by atoms with E-state index in [1.807, 2.05) is 12.2 Å². The van der Waals surface area contributed by atoms with E-state index in [-0.39, 0.29) is 30.0 Å². The number of ketones is 1. The Balaban J connectivity index is 1.64. The quantitative estimate of drug-likeness (QED) is 0.737. The fourth-order valence-corrected chi connectivity index (χ4v) is 3.46. The molecule has 0 radical (unpaired) electrons. The number of rotatable bonds is 4. The molecule has 3 nitrogen and oxygen atoms in total. The lowest BCUT2D eigenvalue weighted by atomic mass is 9.80. The van der Waals surface area contributed by atoms with E-state index in [2.05, 4.69) is 13.0 Å². The molecule has 2 fully saturated rings. The molecule has 0 aromatic heterocycles. The monoisotopic (exact) mass is 276 g/mol. The van der Waals surface area contributed by atoms with Crippen LogP contribution >= 0.6 is 0 Å². The Kier molecular flexibility index (Phi) is 4.25. The Morgan fingerprint density at radius 2 is 2.20 bits per heavy atom. The van der Waals surface area contributed by atoms with E-state index in [0.29, 0.717) is 0 Å². The summed E-state index contributed by atoms with van der Waals surface area (Å²) in [5, 5.41) is 0. The van der Waals surface area contributed by atoms with Crippen molar-refractivity contribution >= 4 is 5.78 Å². The zero-order chi connectivity index (χ0) is 13.9. The van der Waals surface area contributed by atoms with Crippen LogP contribution in [0.1, 0.15) is 51.9 Å². The van der Waals surface area contributed by atoms with Crippen molar-refractivity contribution in [3.05, 3.63) is 24.0 Å². The van der Waals surface area contributed by atoms with Crippen LogP contribution in [0.3, 0.4) is 0 Å². The molecular weight excluding hydrogens is 252 g/mol. The first-order valence-corrected chi connectivity index (χ1v) is 8.02. The van der Waals surface area contributed by atoms with Gasteiger partial charge < -0.3 is 9.47 Å². The van der Waals surface area contributed by atoms with Crippen LogP contribution in [0.25, 0.3) is 0 Å². The van der Waals surface area contributed by atoms with Crippen molar-refractivity contribution < 1.29 is 14.3 Å². The van der Waals surface area contributed by atoms with Gasteiger partial charge in [-0.15, -0.1) is 0 Å². The van der Waals surface area contributed by atoms with Crippen LogP contribution in [0.5, 0.6) is 0 Å². The van der Waals surface area contributed by atoms with Gasteiger partial charge in [-0.25, -0.2) is 0 Å². The van der Waals surface area contributed by atoms with Gasteiger partial charge in [0.15, 0.2) is 11.9 Å². The summed E-state index contributed by atoms with van der Waals surface area (Å²) >= 11 is 0. The van der Waals surface area contributed by atoms with Crippen LogP contribution in [0, 0.1) is 5.92 Å². The molecule has 110 valence electrons. The highest BCUT2D eigenvalue weighted by atomic mass is 16.6. The summed E-state index contributed by atoms with van der Waals surface area (Å²) in [5.74, 6) is 1.30. The standard InChI is InChI=1S/C17H24O3/c1-2-3-4-7-12-10-11-15-17(16(12)18)20-14-9-6-5-8-13(14)19-15/h5-6,9,12-13,15,17H,2-4,7-8,10-11H2,1H3. The van der Waals surface area contributed by atoms with Crippen LogP contribution in [-0.4, -0.2) is 24.1 Å². The first-order chi connectivity index (χ1) is 9.79. The minimum absolute atomic E-state index is 0.0291. The number of ether oxygens (including phenoxy) is 2. The fourth-order valence-electron chi connectivity index (χ4n) is 3.46. The molecule has 20 heavy (non-hydrogen) atoms. The van der Waals surface area contributed by atoms with Gasteiger partial charge >= 0.3 is 0 Å². The van der Waals surface area contributed by atoms with Crippen molar-refractivity contribution in [2.45, 2.75) is 70.2 Å². The molecule has 0 aromatic rings. The number of hydrogen-bond donors (Lipinski definition) is 0. The van der Waals surface area contributed by atoms with Crippen molar-refractivity contribution in [3.8, 4) is 0 Å². The predicted molar refractivity (Wildman–Crippen MR) is 77.2 cm³/mol. The smallest absolute Gasteiger partial charge is 0.182 e. The highest BCUT2D eigenvalue weighted by Gasteiger charge is 2.45. The van der Waals surface area contributed by atoms with E-state index in [4.69, 9.17) is 9.47 Å². The zero-order valence-electron chi connectivity index (χ0n) is 12.2. The van der Waals surface area contributed by atoms with Gasteiger partial charge in [0.05, 0.1) is 0 Å². The number of Topliss-reactive ketones (excluding diaryl/α,β-unsaturated/α-hetero) is 1. The van der Waals surface area contributed by atoms with Gasteiger partial charge in [0.2, 0.25) is 0 Å². The van der Waals surface area contributed by atoms with E-state index in [1.54, 1.807) is 0 Å². The highest BCUT2D eigenvalue weighted by molar-refractivity contribution is 5.87. The summed E-state index contributed by atoms with van der Waals surface area (Å²) in [4.78, 5) is 12.6. The maximum Gasteiger partial charge on any atom is 0.182 e. The number of unbranched alkanes of at least 4 members (excludes halogenated alkanes) is 2. The molecule has 3 heteroatoms. The minimum Gasteiger partial charge on any atom is -0.481 e.